The van der Waals surface area contributed by atoms with Crippen molar-refractivity contribution in [2.75, 3.05) is 0 Å². The summed E-state index contributed by atoms with van der Waals surface area (Å²) in [5.74, 6) is 0. The Hall–Kier alpha value is -0.445. The first-order valence-electron chi connectivity index (χ1n) is 5.48. The van der Waals surface area contributed by atoms with E-state index < -0.39 is 7.25 Å². The van der Waals surface area contributed by atoms with E-state index in [-0.39, 0.29) is 11.2 Å². The summed E-state index contributed by atoms with van der Waals surface area (Å²) >= 11 is 5.99. The molecule has 0 bridgehead atoms. The fourth-order valence-electron chi connectivity index (χ4n) is 1.61. The Bertz CT molecular complexity index is 336. The average Bonchev–Trinajstić information content (AvgIpc) is 2.36. The zero-order valence-corrected chi connectivity index (χ0v) is 10.9. The van der Waals surface area contributed by atoms with Crippen LogP contribution in [-0.2, 0) is 9.31 Å². The van der Waals surface area contributed by atoms with Crippen molar-refractivity contribution in [1.82, 2.24) is 4.81 Å². The smallest absolute Gasteiger partial charge is 0.384 e. The van der Waals surface area contributed by atoms with E-state index in [0.717, 1.165) is 11.5 Å². The molecule has 1 saturated heterocycles. The highest BCUT2D eigenvalue weighted by molar-refractivity contribution is 6.43. The zero-order chi connectivity index (χ0) is 12.0. The molecule has 0 unspecified atom stereocenters. The molecule has 5 heteroatoms. The Kier molecular flexibility index (Phi) is 2.85. The van der Waals surface area contributed by atoms with Crippen LogP contribution in [0.3, 0.4) is 0 Å². The molecular formula is C11H17BClNO2. The van der Waals surface area contributed by atoms with Gasteiger partial charge in [-0.05, 0) is 33.9 Å². The SMILES string of the molecule is CC1(C)OB(N2C=CCC(Cl)=C2)OC1(C)C. The van der Waals surface area contributed by atoms with E-state index in [2.05, 4.69) is 0 Å². The lowest BCUT2D eigenvalue weighted by Gasteiger charge is -2.32. The van der Waals surface area contributed by atoms with Gasteiger partial charge in [-0.2, -0.15) is 0 Å². The number of rotatable bonds is 1. The number of hydrogen-bond donors (Lipinski definition) is 0. The number of hydrogen-bond acceptors (Lipinski definition) is 3. The van der Waals surface area contributed by atoms with Crippen LogP contribution in [0, 0.1) is 0 Å². The van der Waals surface area contributed by atoms with E-state index in [1.54, 1.807) is 0 Å². The molecule has 0 saturated carbocycles. The molecule has 2 aliphatic heterocycles. The Balaban J connectivity index is 2.15. The Morgan fingerprint density at radius 2 is 1.81 bits per heavy atom. The predicted octanol–water partition coefficient (Wildman–Crippen LogP) is 2.87. The van der Waals surface area contributed by atoms with E-state index in [4.69, 9.17) is 20.9 Å². The van der Waals surface area contributed by atoms with Gasteiger partial charge in [-0.25, -0.2) is 0 Å². The van der Waals surface area contributed by atoms with Gasteiger partial charge < -0.3 is 14.1 Å². The van der Waals surface area contributed by atoms with Gasteiger partial charge in [-0.15, -0.1) is 0 Å². The molecule has 2 rings (SSSR count). The van der Waals surface area contributed by atoms with Crippen LogP contribution in [0.25, 0.3) is 0 Å². The minimum atomic E-state index is -0.393. The van der Waals surface area contributed by atoms with Gasteiger partial charge in [0.25, 0.3) is 0 Å². The molecule has 0 radical (unpaired) electrons. The first-order chi connectivity index (χ1) is 7.32. The predicted molar refractivity (Wildman–Crippen MR) is 65.6 cm³/mol. The highest BCUT2D eigenvalue weighted by atomic mass is 35.5. The lowest BCUT2D eigenvalue weighted by molar-refractivity contribution is 0.00578. The number of halogens is 1. The lowest BCUT2D eigenvalue weighted by Crippen LogP contribution is -2.41. The Morgan fingerprint density at radius 3 is 2.31 bits per heavy atom. The molecule has 0 aromatic carbocycles. The minimum Gasteiger partial charge on any atom is -0.384 e. The van der Waals surface area contributed by atoms with E-state index in [1.165, 1.54) is 0 Å². The molecule has 2 aliphatic rings. The van der Waals surface area contributed by atoms with E-state index in [1.807, 2.05) is 51.0 Å². The van der Waals surface area contributed by atoms with Crippen LogP contribution in [-0.4, -0.2) is 23.3 Å². The molecule has 88 valence electrons. The normalized spacial score (nSPS) is 27.2. The largest absolute Gasteiger partial charge is 0.598 e. The van der Waals surface area contributed by atoms with E-state index in [0.29, 0.717) is 0 Å². The van der Waals surface area contributed by atoms with Gasteiger partial charge in [-0.1, -0.05) is 17.7 Å². The molecule has 2 heterocycles. The molecule has 0 aromatic heterocycles. The zero-order valence-electron chi connectivity index (χ0n) is 10.2. The fraction of sp³-hybridized carbons (Fsp3) is 0.636. The minimum absolute atomic E-state index is 0.316. The van der Waals surface area contributed by atoms with Crippen LogP contribution in [0.4, 0.5) is 0 Å². The van der Waals surface area contributed by atoms with Crippen molar-refractivity contribution in [1.29, 1.82) is 0 Å². The number of allylic oxidation sites excluding steroid dienone is 2. The van der Waals surface area contributed by atoms with Crippen LogP contribution < -0.4 is 0 Å². The van der Waals surface area contributed by atoms with Gasteiger partial charge in [0.15, 0.2) is 0 Å². The number of nitrogens with zero attached hydrogens (tertiary/aromatic N) is 1. The first kappa shape index (κ1) is 12.0. The van der Waals surface area contributed by atoms with Gasteiger partial charge in [-0.3, -0.25) is 0 Å². The molecule has 0 amide bonds. The summed E-state index contributed by atoms with van der Waals surface area (Å²) in [5, 5.41) is 0.789. The topological polar surface area (TPSA) is 21.7 Å². The van der Waals surface area contributed by atoms with Crippen molar-refractivity contribution in [2.45, 2.75) is 45.3 Å². The summed E-state index contributed by atoms with van der Waals surface area (Å²) in [6.07, 6.45) is 6.56. The second-order valence-corrected chi connectivity index (χ2v) is 5.66. The highest BCUT2D eigenvalue weighted by Crippen LogP contribution is 2.38. The van der Waals surface area contributed by atoms with Crippen molar-refractivity contribution in [3.8, 4) is 0 Å². The molecule has 0 N–H and O–H groups in total. The van der Waals surface area contributed by atoms with Gasteiger partial charge in [0.05, 0.1) is 11.2 Å². The second-order valence-electron chi connectivity index (χ2n) is 5.18. The lowest BCUT2D eigenvalue weighted by atomic mass is 9.90. The summed E-state index contributed by atoms with van der Waals surface area (Å²) in [5.41, 5.74) is -0.632. The van der Waals surface area contributed by atoms with Gasteiger partial charge >= 0.3 is 7.25 Å². The molecule has 3 nitrogen and oxygen atoms in total. The molecule has 16 heavy (non-hydrogen) atoms. The molecule has 0 aromatic rings. The third-order valence-electron chi connectivity index (χ3n) is 3.36. The second kappa shape index (κ2) is 3.79. The van der Waals surface area contributed by atoms with Crippen LogP contribution in [0.1, 0.15) is 34.1 Å². The van der Waals surface area contributed by atoms with E-state index >= 15 is 0 Å². The van der Waals surface area contributed by atoms with Gasteiger partial charge in [0.2, 0.25) is 0 Å². The van der Waals surface area contributed by atoms with Gasteiger partial charge in [0.1, 0.15) is 0 Å². The Labute approximate surface area is 102 Å². The molecule has 1 fully saturated rings. The van der Waals surface area contributed by atoms with Crippen molar-refractivity contribution >= 4 is 18.9 Å². The maximum Gasteiger partial charge on any atom is 0.598 e. The third kappa shape index (κ3) is 2.02. The summed E-state index contributed by atoms with van der Waals surface area (Å²) in [7, 11) is -0.393. The summed E-state index contributed by atoms with van der Waals surface area (Å²) < 4.78 is 11.8. The van der Waals surface area contributed by atoms with Crippen LogP contribution in [0.15, 0.2) is 23.5 Å². The molecule has 0 aliphatic carbocycles. The molecule has 0 atom stereocenters. The van der Waals surface area contributed by atoms with Crippen molar-refractivity contribution in [3.63, 3.8) is 0 Å². The fourth-order valence-corrected chi connectivity index (χ4v) is 1.81. The molecule has 0 spiro atoms. The third-order valence-corrected chi connectivity index (χ3v) is 3.62. The van der Waals surface area contributed by atoms with Crippen molar-refractivity contribution < 1.29 is 9.31 Å². The Morgan fingerprint density at radius 1 is 1.25 bits per heavy atom. The van der Waals surface area contributed by atoms with Crippen LogP contribution in [0.5, 0.6) is 0 Å². The van der Waals surface area contributed by atoms with Crippen LogP contribution >= 0.6 is 11.6 Å². The summed E-state index contributed by atoms with van der Waals surface area (Å²) in [6.45, 7) is 8.13. The summed E-state index contributed by atoms with van der Waals surface area (Å²) in [6, 6.07) is 0. The first-order valence-corrected chi connectivity index (χ1v) is 5.86. The van der Waals surface area contributed by atoms with Crippen molar-refractivity contribution in [3.05, 3.63) is 23.5 Å². The standard InChI is InChI=1S/C11H17BClNO2/c1-10(2)11(3,4)16-12(15-10)14-7-5-6-9(13)8-14/h5,7-8H,6H2,1-4H3. The monoisotopic (exact) mass is 241 g/mol. The van der Waals surface area contributed by atoms with Crippen LogP contribution in [0.2, 0.25) is 0 Å². The maximum absolute atomic E-state index is 5.99. The summed E-state index contributed by atoms with van der Waals surface area (Å²) in [4.78, 5) is 1.86. The quantitative estimate of drug-likeness (QED) is 0.659. The average molecular weight is 242 g/mol. The van der Waals surface area contributed by atoms with Gasteiger partial charge in [0, 0.05) is 17.7 Å². The highest BCUT2D eigenvalue weighted by Gasteiger charge is 2.53. The van der Waals surface area contributed by atoms with Crippen molar-refractivity contribution in [2.24, 2.45) is 0 Å². The van der Waals surface area contributed by atoms with E-state index in [9.17, 15) is 0 Å². The molecular weight excluding hydrogens is 224 g/mol. The maximum atomic E-state index is 5.99.